The number of nitrogens with zero attached hydrogens (tertiary/aromatic N) is 1. The Morgan fingerprint density at radius 1 is 1.35 bits per heavy atom. The normalized spacial score (nSPS) is 10.9. The first-order chi connectivity index (χ1) is 9.12. The number of nitrogens with one attached hydrogen (secondary N) is 1. The quantitative estimate of drug-likeness (QED) is 0.837. The summed E-state index contributed by atoms with van der Waals surface area (Å²) in [5.74, 6) is -3.04. The van der Waals surface area contributed by atoms with Crippen LogP contribution >= 0.6 is 11.6 Å². The van der Waals surface area contributed by atoms with E-state index < -0.39 is 27.7 Å². The van der Waals surface area contributed by atoms with E-state index in [1.165, 1.54) is 37.2 Å². The lowest BCUT2D eigenvalue weighted by atomic mass is 10.1. The van der Waals surface area contributed by atoms with Gasteiger partial charge >= 0.3 is 5.97 Å². The third kappa shape index (κ3) is 4.39. The number of carbonyl (C=O) groups is 2. The summed E-state index contributed by atoms with van der Waals surface area (Å²) < 4.78 is 25.3. The molecule has 0 bridgehead atoms. The lowest BCUT2D eigenvalue weighted by Gasteiger charge is -2.15. The highest BCUT2D eigenvalue weighted by Crippen LogP contribution is 2.23. The molecule has 1 rings (SSSR count). The Kier molecular flexibility index (Phi) is 4.96. The van der Waals surface area contributed by atoms with Gasteiger partial charge in [0.05, 0.1) is 11.3 Å². The number of anilines is 1. The van der Waals surface area contributed by atoms with E-state index in [0.29, 0.717) is 0 Å². The fraction of sp³-hybridized carbons (Fsp3) is 0.273. The van der Waals surface area contributed by atoms with Crippen LogP contribution in [0.3, 0.4) is 0 Å². The van der Waals surface area contributed by atoms with Crippen LogP contribution in [0.1, 0.15) is 10.4 Å². The van der Waals surface area contributed by atoms with Crippen molar-refractivity contribution >= 4 is 39.2 Å². The molecule has 1 aromatic rings. The summed E-state index contributed by atoms with van der Waals surface area (Å²) in [6.45, 7) is 0. The van der Waals surface area contributed by atoms with E-state index >= 15 is 0 Å². The minimum Gasteiger partial charge on any atom is -0.480 e. The van der Waals surface area contributed by atoms with Gasteiger partial charge in [0.1, 0.15) is 0 Å². The molecule has 0 spiro atoms. The van der Waals surface area contributed by atoms with Crippen LogP contribution in [-0.2, 0) is 14.8 Å². The molecule has 1 aromatic carbocycles. The molecule has 7 nitrogen and oxygen atoms in total. The molecule has 0 unspecified atom stereocenters. The average Bonchev–Trinajstić information content (AvgIpc) is 2.25. The number of hydrogen-bond donors (Lipinski definition) is 2. The largest absolute Gasteiger partial charge is 0.480 e. The highest BCUT2D eigenvalue weighted by atomic mass is 35.5. The highest BCUT2D eigenvalue weighted by molar-refractivity contribution is 7.93. The molecular formula is C11H13ClN2O5S. The smallest absolute Gasteiger partial charge is 0.320 e. The summed E-state index contributed by atoms with van der Waals surface area (Å²) in [6.07, 6.45) is 0. The predicted molar refractivity (Wildman–Crippen MR) is 74.5 cm³/mol. The van der Waals surface area contributed by atoms with E-state index in [-0.39, 0.29) is 16.3 Å². The molecule has 1 amide bonds. The number of rotatable bonds is 5. The fourth-order valence-corrected chi connectivity index (χ4v) is 2.47. The fourth-order valence-electron chi connectivity index (χ4n) is 1.39. The monoisotopic (exact) mass is 320 g/mol. The lowest BCUT2D eigenvalue weighted by Crippen LogP contribution is -2.26. The van der Waals surface area contributed by atoms with Crippen LogP contribution in [0.4, 0.5) is 5.69 Å². The summed E-state index contributed by atoms with van der Waals surface area (Å²) >= 11 is 5.76. The Morgan fingerprint density at radius 2 is 1.95 bits per heavy atom. The summed E-state index contributed by atoms with van der Waals surface area (Å²) in [5.41, 5.74) is 0.0193. The molecule has 0 radical (unpaired) electrons. The molecular weight excluding hydrogens is 308 g/mol. The number of aliphatic carboxylic acids is 1. The molecule has 0 aliphatic heterocycles. The Hall–Kier alpha value is -1.80. The molecule has 0 aliphatic carbocycles. The SMILES string of the molecule is CN(C)C(=O)c1ccc(Cl)cc1NS(=O)(=O)CC(=O)O. The van der Waals surface area contributed by atoms with E-state index in [1.54, 1.807) is 0 Å². The second kappa shape index (κ2) is 6.10. The van der Waals surface area contributed by atoms with Gasteiger partial charge in [0.2, 0.25) is 10.0 Å². The molecule has 0 saturated carbocycles. The van der Waals surface area contributed by atoms with Crippen LogP contribution in [0, 0.1) is 0 Å². The third-order valence-electron chi connectivity index (χ3n) is 2.20. The molecule has 0 fully saturated rings. The van der Waals surface area contributed by atoms with Crippen molar-refractivity contribution in [3.8, 4) is 0 Å². The zero-order valence-electron chi connectivity index (χ0n) is 10.8. The van der Waals surface area contributed by atoms with E-state index in [4.69, 9.17) is 16.7 Å². The van der Waals surface area contributed by atoms with Crippen molar-refractivity contribution in [3.63, 3.8) is 0 Å². The molecule has 0 saturated heterocycles. The lowest BCUT2D eigenvalue weighted by molar-refractivity contribution is -0.134. The highest BCUT2D eigenvalue weighted by Gasteiger charge is 2.20. The number of sulfonamides is 1. The number of carboxylic acid groups (broad SMARTS) is 1. The van der Waals surface area contributed by atoms with E-state index in [0.717, 1.165) is 0 Å². The molecule has 20 heavy (non-hydrogen) atoms. The van der Waals surface area contributed by atoms with Gasteiger partial charge in [0.15, 0.2) is 5.75 Å². The zero-order valence-corrected chi connectivity index (χ0v) is 12.3. The Morgan fingerprint density at radius 3 is 2.45 bits per heavy atom. The van der Waals surface area contributed by atoms with Crippen LogP contribution in [0.15, 0.2) is 18.2 Å². The van der Waals surface area contributed by atoms with Gasteiger partial charge in [-0.05, 0) is 18.2 Å². The van der Waals surface area contributed by atoms with Gasteiger partial charge in [0, 0.05) is 19.1 Å². The molecule has 0 heterocycles. The molecule has 2 N–H and O–H groups in total. The van der Waals surface area contributed by atoms with E-state index in [2.05, 4.69) is 4.72 Å². The standard InChI is InChI=1S/C11H13ClN2O5S/c1-14(2)11(17)8-4-3-7(12)5-9(8)13-20(18,19)6-10(15)16/h3-5,13H,6H2,1-2H3,(H,15,16). The molecule has 110 valence electrons. The van der Waals surface area contributed by atoms with Crippen molar-refractivity contribution in [3.05, 3.63) is 28.8 Å². The van der Waals surface area contributed by atoms with Crippen LogP contribution in [0.5, 0.6) is 0 Å². The van der Waals surface area contributed by atoms with E-state index in [1.807, 2.05) is 0 Å². The number of benzene rings is 1. The van der Waals surface area contributed by atoms with Crippen LogP contribution < -0.4 is 4.72 Å². The van der Waals surface area contributed by atoms with Gasteiger partial charge in [-0.15, -0.1) is 0 Å². The van der Waals surface area contributed by atoms with Crippen molar-refractivity contribution in [2.24, 2.45) is 0 Å². The number of carbonyl (C=O) groups excluding carboxylic acids is 1. The predicted octanol–water partition coefficient (Wildman–Crippen LogP) is 0.868. The minimum atomic E-state index is -4.11. The summed E-state index contributed by atoms with van der Waals surface area (Å²) in [7, 11) is -1.10. The van der Waals surface area contributed by atoms with Gasteiger partial charge in [-0.2, -0.15) is 0 Å². The van der Waals surface area contributed by atoms with Gasteiger partial charge in [0.25, 0.3) is 5.91 Å². The number of halogens is 1. The molecule has 0 aromatic heterocycles. The minimum absolute atomic E-state index is 0.0579. The summed E-state index contributed by atoms with van der Waals surface area (Å²) in [5, 5.41) is 8.74. The molecule has 0 aliphatic rings. The molecule has 0 atom stereocenters. The first-order valence-electron chi connectivity index (χ1n) is 5.36. The Bertz CT molecular complexity index is 642. The summed E-state index contributed by atoms with van der Waals surface area (Å²) in [6, 6.07) is 4.05. The average molecular weight is 321 g/mol. The Balaban J connectivity index is 3.20. The Labute approximate surface area is 121 Å². The number of amides is 1. The maximum absolute atomic E-state index is 11.9. The van der Waals surface area contributed by atoms with Gasteiger partial charge in [-0.3, -0.25) is 14.3 Å². The van der Waals surface area contributed by atoms with Crippen molar-refractivity contribution in [1.82, 2.24) is 4.90 Å². The molecule has 9 heteroatoms. The number of carboxylic acids is 1. The first kappa shape index (κ1) is 16.3. The number of hydrogen-bond acceptors (Lipinski definition) is 4. The maximum atomic E-state index is 11.9. The van der Waals surface area contributed by atoms with Crippen LogP contribution in [0.2, 0.25) is 5.02 Å². The van der Waals surface area contributed by atoms with Crippen LogP contribution in [0.25, 0.3) is 0 Å². The van der Waals surface area contributed by atoms with Gasteiger partial charge in [-0.25, -0.2) is 8.42 Å². The van der Waals surface area contributed by atoms with Crippen molar-refractivity contribution < 1.29 is 23.1 Å². The zero-order chi connectivity index (χ0) is 15.5. The third-order valence-corrected chi connectivity index (χ3v) is 3.59. The van der Waals surface area contributed by atoms with Crippen molar-refractivity contribution in [2.45, 2.75) is 0 Å². The first-order valence-corrected chi connectivity index (χ1v) is 7.39. The van der Waals surface area contributed by atoms with E-state index in [9.17, 15) is 18.0 Å². The topological polar surface area (TPSA) is 104 Å². The maximum Gasteiger partial charge on any atom is 0.320 e. The van der Waals surface area contributed by atoms with Crippen molar-refractivity contribution in [2.75, 3.05) is 24.6 Å². The van der Waals surface area contributed by atoms with Gasteiger partial charge in [-0.1, -0.05) is 11.6 Å². The van der Waals surface area contributed by atoms with Crippen LogP contribution in [-0.4, -0.2) is 50.1 Å². The van der Waals surface area contributed by atoms with Gasteiger partial charge < -0.3 is 10.0 Å². The summed E-state index contributed by atoms with van der Waals surface area (Å²) in [4.78, 5) is 23.7. The second-order valence-electron chi connectivity index (χ2n) is 4.14. The van der Waals surface area contributed by atoms with Crippen molar-refractivity contribution in [1.29, 1.82) is 0 Å². The second-order valence-corrected chi connectivity index (χ2v) is 6.30.